The molecule has 0 aromatic rings. The van der Waals surface area contributed by atoms with Crippen molar-refractivity contribution in [1.29, 1.82) is 0 Å². The van der Waals surface area contributed by atoms with E-state index in [1.54, 1.807) is 0 Å². The molecule has 1 heteroatoms. The van der Waals surface area contributed by atoms with Crippen molar-refractivity contribution in [3.8, 4) is 0 Å². The number of rotatable bonds is 2. The summed E-state index contributed by atoms with van der Waals surface area (Å²) < 4.78 is 0. The number of allylic oxidation sites excluding steroid dienone is 1. The minimum Gasteiger partial charge on any atom is -0.299 e. The lowest BCUT2D eigenvalue weighted by atomic mass is 9.90. The largest absolute Gasteiger partial charge is 0.299 e. The maximum Gasteiger partial charge on any atom is 0.140 e. The van der Waals surface area contributed by atoms with Gasteiger partial charge in [-0.3, -0.25) is 4.79 Å². The molecule has 0 amide bonds. The quantitative estimate of drug-likeness (QED) is 0.573. The summed E-state index contributed by atoms with van der Waals surface area (Å²) in [6.45, 7) is 8.11. The first-order valence-electron chi connectivity index (χ1n) is 4.73. The molecule has 66 valence electrons. The Morgan fingerprint density at radius 3 is 2.75 bits per heavy atom. The Hall–Kier alpha value is -0.590. The second kappa shape index (κ2) is 2.21. The summed E-state index contributed by atoms with van der Waals surface area (Å²) in [4.78, 5) is 11.7. The van der Waals surface area contributed by atoms with Crippen molar-refractivity contribution in [2.75, 3.05) is 0 Å². The van der Waals surface area contributed by atoms with Gasteiger partial charge in [-0.25, -0.2) is 0 Å². The minimum atomic E-state index is 0.311. The van der Waals surface area contributed by atoms with Crippen LogP contribution in [0.25, 0.3) is 0 Å². The van der Waals surface area contributed by atoms with E-state index in [4.69, 9.17) is 0 Å². The zero-order valence-electron chi connectivity index (χ0n) is 7.84. The maximum absolute atomic E-state index is 11.7. The van der Waals surface area contributed by atoms with Gasteiger partial charge in [0.2, 0.25) is 0 Å². The summed E-state index contributed by atoms with van der Waals surface area (Å²) in [7, 11) is 0. The predicted molar refractivity (Wildman–Crippen MR) is 48.7 cm³/mol. The molecule has 0 aromatic carbocycles. The van der Waals surface area contributed by atoms with Crippen LogP contribution in [0.3, 0.4) is 0 Å². The van der Waals surface area contributed by atoms with Gasteiger partial charge in [-0.05, 0) is 24.2 Å². The zero-order chi connectivity index (χ0) is 8.93. The normalized spacial score (nSPS) is 42.5. The third kappa shape index (κ3) is 0.825. The van der Waals surface area contributed by atoms with E-state index in [9.17, 15) is 4.79 Å². The summed E-state index contributed by atoms with van der Waals surface area (Å²) >= 11 is 0. The van der Waals surface area contributed by atoms with Gasteiger partial charge in [0.15, 0.2) is 0 Å². The van der Waals surface area contributed by atoms with Crippen molar-refractivity contribution in [2.24, 2.45) is 23.2 Å². The number of carbonyl (C=O) groups is 1. The van der Waals surface area contributed by atoms with Gasteiger partial charge in [-0.2, -0.15) is 0 Å². The maximum atomic E-state index is 11.7. The van der Waals surface area contributed by atoms with Gasteiger partial charge in [0.1, 0.15) is 5.78 Å². The molecule has 0 N–H and O–H groups in total. The van der Waals surface area contributed by atoms with Crippen molar-refractivity contribution in [2.45, 2.75) is 26.7 Å². The van der Waals surface area contributed by atoms with E-state index in [0.717, 1.165) is 12.8 Å². The Bertz CT molecular complexity index is 239. The van der Waals surface area contributed by atoms with Crippen molar-refractivity contribution >= 4 is 5.78 Å². The van der Waals surface area contributed by atoms with E-state index in [-0.39, 0.29) is 0 Å². The summed E-state index contributed by atoms with van der Waals surface area (Å²) in [5, 5.41) is 0. The van der Waals surface area contributed by atoms with Crippen LogP contribution in [0.2, 0.25) is 0 Å². The van der Waals surface area contributed by atoms with E-state index < -0.39 is 0 Å². The van der Waals surface area contributed by atoms with Crippen molar-refractivity contribution in [3.05, 3.63) is 12.7 Å². The van der Waals surface area contributed by atoms with E-state index in [1.165, 1.54) is 0 Å². The smallest absolute Gasteiger partial charge is 0.140 e. The van der Waals surface area contributed by atoms with Crippen LogP contribution in [0, 0.1) is 23.2 Å². The highest BCUT2D eigenvalue weighted by Crippen LogP contribution is 2.66. The highest BCUT2D eigenvalue weighted by atomic mass is 16.1. The van der Waals surface area contributed by atoms with Crippen LogP contribution in [0.5, 0.6) is 0 Å². The standard InChI is InChI=1S/C11H16O/c1-4-5-7-6-8-9(10(7)12)11(8,2)3/h4,7-9H,1,5-6H2,2-3H3/t7?,8-,9-/m1/s1. The van der Waals surface area contributed by atoms with Gasteiger partial charge >= 0.3 is 0 Å². The zero-order valence-corrected chi connectivity index (χ0v) is 7.84. The Balaban J connectivity index is 2.06. The first kappa shape index (κ1) is 8.03. The fourth-order valence-electron chi connectivity index (χ4n) is 2.84. The highest BCUT2D eigenvalue weighted by Gasteiger charge is 2.66. The molecule has 0 bridgehead atoms. The monoisotopic (exact) mass is 164 g/mol. The molecule has 2 aliphatic rings. The fourth-order valence-corrected chi connectivity index (χ4v) is 2.84. The van der Waals surface area contributed by atoms with Gasteiger partial charge in [-0.1, -0.05) is 19.9 Å². The average Bonchev–Trinajstić information content (AvgIpc) is 2.36. The summed E-state index contributed by atoms with van der Waals surface area (Å²) in [6, 6.07) is 0. The van der Waals surface area contributed by atoms with Crippen LogP contribution in [0.4, 0.5) is 0 Å². The summed E-state index contributed by atoms with van der Waals surface area (Å²) in [6.07, 6.45) is 3.88. The lowest BCUT2D eigenvalue weighted by Gasteiger charge is -2.13. The molecule has 2 saturated carbocycles. The van der Waals surface area contributed by atoms with Crippen molar-refractivity contribution in [3.63, 3.8) is 0 Å². The SMILES string of the molecule is C=CCC1C[C@@H]2[C@H](C1=O)C2(C)C. The third-order valence-electron chi connectivity index (χ3n) is 3.75. The molecule has 0 heterocycles. The number of carbonyl (C=O) groups excluding carboxylic acids is 1. The molecule has 0 radical (unpaired) electrons. The van der Waals surface area contributed by atoms with Gasteiger partial charge < -0.3 is 0 Å². The molecular weight excluding hydrogens is 148 g/mol. The van der Waals surface area contributed by atoms with Crippen LogP contribution in [0.15, 0.2) is 12.7 Å². The third-order valence-corrected chi connectivity index (χ3v) is 3.75. The number of hydrogen-bond donors (Lipinski definition) is 0. The molecule has 12 heavy (non-hydrogen) atoms. The van der Waals surface area contributed by atoms with Crippen LogP contribution in [-0.4, -0.2) is 5.78 Å². The lowest BCUT2D eigenvalue weighted by molar-refractivity contribution is -0.123. The Morgan fingerprint density at radius 1 is 1.67 bits per heavy atom. The molecule has 2 aliphatic carbocycles. The number of hydrogen-bond acceptors (Lipinski definition) is 1. The van der Waals surface area contributed by atoms with E-state index in [1.807, 2.05) is 6.08 Å². The van der Waals surface area contributed by atoms with Crippen LogP contribution >= 0.6 is 0 Å². The van der Waals surface area contributed by atoms with E-state index in [0.29, 0.717) is 29.0 Å². The summed E-state index contributed by atoms with van der Waals surface area (Å²) in [5.74, 6) is 1.90. The first-order valence-corrected chi connectivity index (χ1v) is 4.73. The Morgan fingerprint density at radius 2 is 2.33 bits per heavy atom. The van der Waals surface area contributed by atoms with Crippen molar-refractivity contribution < 1.29 is 4.79 Å². The molecule has 3 atom stereocenters. The van der Waals surface area contributed by atoms with Gasteiger partial charge in [0.05, 0.1) is 0 Å². The molecule has 0 aromatic heterocycles. The fraction of sp³-hybridized carbons (Fsp3) is 0.727. The van der Waals surface area contributed by atoms with Crippen LogP contribution in [0.1, 0.15) is 26.7 Å². The van der Waals surface area contributed by atoms with Gasteiger partial charge in [0, 0.05) is 11.8 Å². The topological polar surface area (TPSA) is 17.1 Å². The second-order valence-electron chi connectivity index (χ2n) is 4.76. The van der Waals surface area contributed by atoms with Gasteiger partial charge in [-0.15, -0.1) is 6.58 Å². The molecule has 0 aliphatic heterocycles. The Kier molecular flexibility index (Phi) is 1.48. The van der Waals surface area contributed by atoms with Crippen LogP contribution in [-0.2, 0) is 4.79 Å². The van der Waals surface area contributed by atoms with Crippen LogP contribution < -0.4 is 0 Å². The molecule has 1 nitrogen and oxygen atoms in total. The minimum absolute atomic E-state index is 0.311. The molecule has 1 unspecified atom stereocenters. The number of Topliss-reactive ketones (excluding diaryl/α,β-unsaturated/α-hetero) is 1. The number of fused-ring (bicyclic) bond motifs is 1. The molecule has 2 fully saturated rings. The summed E-state index contributed by atoms with van der Waals surface area (Å²) in [5.41, 5.74) is 0.328. The molecule has 0 saturated heterocycles. The van der Waals surface area contributed by atoms with E-state index in [2.05, 4.69) is 20.4 Å². The lowest BCUT2D eigenvalue weighted by Crippen LogP contribution is -2.16. The van der Waals surface area contributed by atoms with E-state index >= 15 is 0 Å². The highest BCUT2D eigenvalue weighted by molar-refractivity contribution is 5.90. The average molecular weight is 164 g/mol. The second-order valence-corrected chi connectivity index (χ2v) is 4.76. The van der Waals surface area contributed by atoms with Gasteiger partial charge in [0.25, 0.3) is 0 Å². The van der Waals surface area contributed by atoms with Crippen molar-refractivity contribution in [1.82, 2.24) is 0 Å². The molecule has 2 rings (SSSR count). The predicted octanol–water partition coefficient (Wildman–Crippen LogP) is 2.42. The Labute approximate surface area is 73.8 Å². The first-order chi connectivity index (χ1) is 5.59. The molecular formula is C11H16O. The number of ketones is 1. The molecule has 0 spiro atoms.